The van der Waals surface area contributed by atoms with E-state index in [-0.39, 0.29) is 11.7 Å². The highest BCUT2D eigenvalue weighted by Gasteiger charge is 2.21. The van der Waals surface area contributed by atoms with E-state index in [4.69, 9.17) is 4.74 Å². The summed E-state index contributed by atoms with van der Waals surface area (Å²) in [4.78, 5) is 31.4. The maximum absolute atomic E-state index is 12.5. The molecule has 10 heteroatoms. The van der Waals surface area contributed by atoms with Crippen molar-refractivity contribution in [2.45, 2.75) is 30.8 Å². The minimum Gasteiger partial charge on any atom is -0.465 e. The molecule has 4 aromatic rings. The summed E-state index contributed by atoms with van der Waals surface area (Å²) in [5, 5.41) is 13.2. The first-order valence-corrected chi connectivity index (χ1v) is 11.7. The molecule has 158 valence electrons. The Bertz CT molecular complexity index is 1310. The van der Waals surface area contributed by atoms with E-state index in [1.54, 1.807) is 41.9 Å². The second-order valence-corrected chi connectivity index (χ2v) is 9.21. The molecule has 3 aromatic heterocycles. The molecule has 0 atom stereocenters. The minimum absolute atomic E-state index is 0.121. The Morgan fingerprint density at radius 2 is 2.06 bits per heavy atom. The number of nitrogens with zero attached hydrogens (tertiary/aromatic N) is 4. The van der Waals surface area contributed by atoms with Gasteiger partial charge in [-0.1, -0.05) is 23.9 Å². The molecule has 0 spiro atoms. The van der Waals surface area contributed by atoms with Crippen molar-refractivity contribution < 1.29 is 14.3 Å². The summed E-state index contributed by atoms with van der Waals surface area (Å²) in [5.41, 5.74) is 2.87. The van der Waals surface area contributed by atoms with Gasteiger partial charge in [-0.15, -0.1) is 21.5 Å². The fourth-order valence-electron chi connectivity index (χ4n) is 3.83. The molecule has 1 aliphatic carbocycles. The average molecular weight is 454 g/mol. The Labute approximate surface area is 186 Å². The lowest BCUT2D eigenvalue weighted by molar-refractivity contribution is -0.113. The Balaban J connectivity index is 1.36. The molecular formula is C21H19N5O3S2. The number of thioether (sulfide) groups is 1. The van der Waals surface area contributed by atoms with Crippen molar-refractivity contribution in [1.29, 1.82) is 0 Å². The smallest absolute Gasteiger partial charge is 0.339 e. The van der Waals surface area contributed by atoms with E-state index in [1.807, 2.05) is 4.40 Å². The van der Waals surface area contributed by atoms with Gasteiger partial charge in [-0.3, -0.25) is 9.20 Å². The number of nitrogens with one attached hydrogen (secondary N) is 1. The molecule has 0 saturated carbocycles. The largest absolute Gasteiger partial charge is 0.465 e. The van der Waals surface area contributed by atoms with Crippen LogP contribution in [-0.2, 0) is 22.4 Å². The van der Waals surface area contributed by atoms with Gasteiger partial charge in [0, 0.05) is 4.88 Å². The number of para-hydroxylation sites is 1. The SMILES string of the molecule is COC(=O)c1ccccc1NC(=O)CSc1nnc2c3c4c(sc3ncn12)CCCC4. The lowest BCUT2D eigenvalue weighted by Gasteiger charge is -2.10. The number of carbonyl (C=O) groups is 2. The van der Waals surface area contributed by atoms with Crippen molar-refractivity contribution >= 4 is 56.5 Å². The van der Waals surface area contributed by atoms with Crippen LogP contribution in [0.5, 0.6) is 0 Å². The number of thiophene rings is 1. The van der Waals surface area contributed by atoms with E-state index in [2.05, 4.69) is 20.5 Å². The maximum atomic E-state index is 12.5. The number of fused-ring (bicyclic) bond motifs is 5. The Hall–Kier alpha value is -2.98. The van der Waals surface area contributed by atoms with Crippen molar-refractivity contribution in [3.8, 4) is 0 Å². The first-order valence-electron chi connectivity index (χ1n) is 9.89. The molecule has 1 aromatic carbocycles. The zero-order valence-corrected chi connectivity index (χ0v) is 18.4. The van der Waals surface area contributed by atoms with E-state index in [0.717, 1.165) is 28.7 Å². The molecule has 0 saturated heterocycles. The summed E-state index contributed by atoms with van der Waals surface area (Å²) < 4.78 is 6.62. The summed E-state index contributed by atoms with van der Waals surface area (Å²) in [7, 11) is 1.31. The average Bonchev–Trinajstić information content (AvgIpc) is 3.38. The zero-order chi connectivity index (χ0) is 21.4. The van der Waals surface area contributed by atoms with Crippen molar-refractivity contribution in [1.82, 2.24) is 19.6 Å². The summed E-state index contributed by atoms with van der Waals surface area (Å²) >= 11 is 3.02. The zero-order valence-electron chi connectivity index (χ0n) is 16.8. The molecule has 1 N–H and O–H groups in total. The molecule has 0 unspecified atom stereocenters. The number of amides is 1. The van der Waals surface area contributed by atoms with Gasteiger partial charge in [0.1, 0.15) is 11.2 Å². The van der Waals surface area contributed by atoms with Crippen molar-refractivity contribution in [2.75, 3.05) is 18.2 Å². The maximum Gasteiger partial charge on any atom is 0.339 e. The molecular weight excluding hydrogens is 434 g/mol. The van der Waals surface area contributed by atoms with Gasteiger partial charge in [0.25, 0.3) is 0 Å². The first-order chi connectivity index (χ1) is 15.2. The van der Waals surface area contributed by atoms with Crippen LogP contribution < -0.4 is 5.32 Å². The number of methoxy groups -OCH3 is 1. The van der Waals surface area contributed by atoms with Gasteiger partial charge in [-0.2, -0.15) is 0 Å². The van der Waals surface area contributed by atoms with Crippen LogP contribution in [0.2, 0.25) is 0 Å². The standard InChI is InChI=1S/C21H19N5O3S2/c1-29-20(28)12-6-2-4-8-14(12)23-16(27)10-30-21-25-24-18-17-13-7-3-5-9-15(13)31-19(17)22-11-26(18)21/h2,4,6,8,11H,3,5,7,9-10H2,1H3,(H,23,27). The summed E-state index contributed by atoms with van der Waals surface area (Å²) in [6, 6.07) is 6.75. The highest BCUT2D eigenvalue weighted by atomic mass is 32.2. The van der Waals surface area contributed by atoms with E-state index in [1.165, 1.54) is 42.2 Å². The van der Waals surface area contributed by atoms with Crippen LogP contribution in [0.25, 0.3) is 15.9 Å². The van der Waals surface area contributed by atoms with Gasteiger partial charge in [0.05, 0.1) is 29.5 Å². The highest BCUT2D eigenvalue weighted by Crippen LogP contribution is 2.37. The Morgan fingerprint density at radius 3 is 2.94 bits per heavy atom. The predicted molar refractivity (Wildman–Crippen MR) is 120 cm³/mol. The van der Waals surface area contributed by atoms with Crippen LogP contribution in [0.15, 0.2) is 35.7 Å². The van der Waals surface area contributed by atoms with Crippen LogP contribution in [0.4, 0.5) is 5.69 Å². The predicted octanol–water partition coefficient (Wildman–Crippen LogP) is 3.74. The summed E-state index contributed by atoms with van der Waals surface area (Å²) in [6.07, 6.45) is 6.28. The third-order valence-corrected chi connectivity index (χ3v) is 7.41. The van der Waals surface area contributed by atoms with E-state index in [9.17, 15) is 9.59 Å². The Morgan fingerprint density at radius 1 is 1.23 bits per heavy atom. The van der Waals surface area contributed by atoms with Crippen molar-refractivity contribution in [2.24, 2.45) is 0 Å². The minimum atomic E-state index is -0.499. The summed E-state index contributed by atoms with van der Waals surface area (Å²) in [5.74, 6) is -0.628. The highest BCUT2D eigenvalue weighted by molar-refractivity contribution is 7.99. The number of rotatable bonds is 5. The number of anilines is 1. The van der Waals surface area contributed by atoms with Gasteiger partial charge in [-0.25, -0.2) is 9.78 Å². The fourth-order valence-corrected chi connectivity index (χ4v) is 5.76. The monoisotopic (exact) mass is 453 g/mol. The molecule has 8 nitrogen and oxygen atoms in total. The van der Waals surface area contributed by atoms with Gasteiger partial charge >= 0.3 is 5.97 Å². The number of ether oxygens (including phenoxy) is 1. The Kier molecular flexibility index (Phi) is 5.33. The van der Waals surface area contributed by atoms with Gasteiger partial charge in [-0.05, 0) is 43.4 Å². The van der Waals surface area contributed by atoms with Gasteiger partial charge in [0.15, 0.2) is 10.8 Å². The quantitative estimate of drug-likeness (QED) is 0.363. The van der Waals surface area contributed by atoms with Crippen molar-refractivity contribution in [3.63, 3.8) is 0 Å². The molecule has 31 heavy (non-hydrogen) atoms. The number of benzene rings is 1. The van der Waals surface area contributed by atoms with E-state index >= 15 is 0 Å². The number of hydrogen-bond acceptors (Lipinski definition) is 8. The lowest BCUT2D eigenvalue weighted by Crippen LogP contribution is -2.17. The van der Waals surface area contributed by atoms with Gasteiger partial charge < -0.3 is 10.1 Å². The normalized spacial score (nSPS) is 13.3. The number of carbonyl (C=O) groups excluding carboxylic acids is 2. The molecule has 0 fully saturated rings. The lowest BCUT2D eigenvalue weighted by atomic mass is 9.97. The van der Waals surface area contributed by atoms with Gasteiger partial charge in [0.2, 0.25) is 5.91 Å². The molecule has 0 aliphatic heterocycles. The molecule has 0 bridgehead atoms. The van der Waals surface area contributed by atoms with Crippen molar-refractivity contribution in [3.05, 3.63) is 46.6 Å². The molecule has 1 amide bonds. The van der Waals surface area contributed by atoms with Crippen LogP contribution in [0.3, 0.4) is 0 Å². The van der Waals surface area contributed by atoms with Crippen LogP contribution in [-0.4, -0.2) is 44.3 Å². The number of hydrogen-bond donors (Lipinski definition) is 1. The second-order valence-electron chi connectivity index (χ2n) is 7.19. The molecule has 1 aliphatic rings. The van der Waals surface area contributed by atoms with E-state index < -0.39 is 5.97 Å². The topological polar surface area (TPSA) is 98.5 Å². The number of aromatic nitrogens is 4. The van der Waals surface area contributed by atoms with E-state index in [0.29, 0.717) is 16.4 Å². The fraction of sp³-hybridized carbons (Fsp3) is 0.286. The summed E-state index contributed by atoms with van der Waals surface area (Å²) in [6.45, 7) is 0. The first kappa shape index (κ1) is 20.0. The number of esters is 1. The third-order valence-electron chi connectivity index (χ3n) is 5.27. The third kappa shape index (κ3) is 3.66. The van der Waals surface area contributed by atoms with Crippen LogP contribution in [0.1, 0.15) is 33.6 Å². The second kappa shape index (κ2) is 8.27. The molecule has 5 rings (SSSR count). The molecule has 3 heterocycles. The molecule has 0 radical (unpaired) electrons. The van der Waals surface area contributed by atoms with Crippen LogP contribution >= 0.6 is 23.1 Å². The van der Waals surface area contributed by atoms with Crippen LogP contribution in [0, 0.1) is 0 Å². The number of aryl methyl sites for hydroxylation is 2.